The Morgan fingerprint density at radius 1 is 0.927 bits per heavy atom. The number of nitrogens with zero attached hydrogens (tertiary/aromatic N) is 2. The molecule has 0 bridgehead atoms. The van der Waals surface area contributed by atoms with E-state index in [4.69, 9.17) is 9.90 Å². The molecule has 0 saturated heterocycles. The van der Waals surface area contributed by atoms with E-state index in [9.17, 15) is 4.39 Å². The summed E-state index contributed by atoms with van der Waals surface area (Å²) in [5, 5.41) is 3.29. The van der Waals surface area contributed by atoms with E-state index in [1.54, 1.807) is 32.0 Å². The van der Waals surface area contributed by atoms with E-state index in [1.165, 1.54) is 11.3 Å². The number of halogens is 1. The Bertz CT molecular complexity index is 1870. The van der Waals surface area contributed by atoms with Gasteiger partial charge >= 0.3 is 0 Å². The normalized spacial score (nSPS) is 13.3. The standard InChI is InChI=1S/C20H15FNO.C15H18NSi.Ir/c1-12(2)16-10-18(22-11-17(16)21)15-8-5-7-14-13-6-3-4-9-19(13)23-20(14)15;1-12-5-7-13(8-6-12)15-10-9-14(11-16-15)17(2,3)4;/h3-7,9-12H,1-2H3;5-7,9-11H,1-4H3;/q2*-1;/i12D;1D3;. The Morgan fingerprint density at radius 2 is 1.71 bits per heavy atom. The number of benzene rings is 3. The first-order valence-electron chi connectivity index (χ1n) is 15.1. The number of furan rings is 1. The van der Waals surface area contributed by atoms with Crippen molar-refractivity contribution in [2.24, 2.45) is 0 Å². The van der Waals surface area contributed by atoms with Gasteiger partial charge in [-0.05, 0) is 34.1 Å². The number of aromatic nitrogens is 2. The van der Waals surface area contributed by atoms with E-state index in [2.05, 4.69) is 47.8 Å². The summed E-state index contributed by atoms with van der Waals surface area (Å²) in [4.78, 5) is 8.66. The minimum absolute atomic E-state index is 0. The number of hydrogen-bond donors (Lipinski definition) is 0. The Kier molecular flexibility index (Phi) is 7.77. The molecule has 0 aliphatic heterocycles. The topological polar surface area (TPSA) is 38.9 Å². The molecule has 0 fully saturated rings. The van der Waals surface area contributed by atoms with Crippen molar-refractivity contribution in [3.05, 3.63) is 114 Å². The predicted octanol–water partition coefficient (Wildman–Crippen LogP) is 9.11. The molecule has 1 radical (unpaired) electrons. The first kappa shape index (κ1) is 25.3. The van der Waals surface area contributed by atoms with E-state index in [0.717, 1.165) is 33.8 Å². The van der Waals surface area contributed by atoms with Crippen molar-refractivity contribution in [1.29, 1.82) is 0 Å². The van der Waals surface area contributed by atoms with Crippen LogP contribution in [0.2, 0.25) is 19.6 Å². The molecule has 3 heterocycles. The molecule has 6 heteroatoms. The first-order chi connectivity index (χ1) is 20.6. The number of pyridine rings is 2. The summed E-state index contributed by atoms with van der Waals surface area (Å²) in [6.45, 7) is 8.06. The van der Waals surface area contributed by atoms with Crippen LogP contribution in [0.5, 0.6) is 0 Å². The smallest absolute Gasteiger partial charge is 0.143 e. The van der Waals surface area contributed by atoms with E-state index in [0.29, 0.717) is 28.0 Å². The van der Waals surface area contributed by atoms with Gasteiger partial charge in [0.25, 0.3) is 0 Å². The van der Waals surface area contributed by atoms with Gasteiger partial charge in [-0.1, -0.05) is 87.7 Å². The molecule has 41 heavy (non-hydrogen) atoms. The van der Waals surface area contributed by atoms with Crippen LogP contribution in [0.15, 0.2) is 89.6 Å². The largest absolute Gasteiger partial charge is 0.501 e. The first-order valence-corrected chi connectivity index (χ1v) is 16.6. The van der Waals surface area contributed by atoms with Crippen LogP contribution in [-0.4, -0.2) is 18.0 Å². The van der Waals surface area contributed by atoms with Gasteiger partial charge in [-0.15, -0.1) is 53.6 Å². The van der Waals surface area contributed by atoms with E-state index in [1.807, 2.05) is 48.7 Å². The second kappa shape index (κ2) is 12.6. The molecule has 0 spiro atoms. The van der Waals surface area contributed by atoms with Crippen molar-refractivity contribution in [2.45, 2.75) is 46.2 Å². The zero-order chi connectivity index (χ0) is 31.9. The van der Waals surface area contributed by atoms with Crippen LogP contribution < -0.4 is 5.19 Å². The maximum absolute atomic E-state index is 14.0. The number of hydrogen-bond acceptors (Lipinski definition) is 3. The summed E-state index contributed by atoms with van der Waals surface area (Å²) in [6, 6.07) is 28.3. The molecule has 0 saturated carbocycles. The van der Waals surface area contributed by atoms with Crippen LogP contribution in [0.25, 0.3) is 44.5 Å². The van der Waals surface area contributed by atoms with E-state index in [-0.39, 0.29) is 20.1 Å². The molecule has 0 unspecified atom stereocenters. The minimum Gasteiger partial charge on any atom is -0.501 e. The molecule has 0 N–H and O–H groups in total. The quantitative estimate of drug-likeness (QED) is 0.134. The average Bonchev–Trinajstić information content (AvgIpc) is 3.36. The molecule has 0 atom stereocenters. The van der Waals surface area contributed by atoms with Gasteiger partial charge in [-0.3, -0.25) is 0 Å². The number of fused-ring (bicyclic) bond motifs is 3. The van der Waals surface area contributed by atoms with Crippen molar-refractivity contribution >= 4 is 35.2 Å². The van der Waals surface area contributed by atoms with Gasteiger partial charge in [0, 0.05) is 37.2 Å². The molecule has 3 aromatic heterocycles. The molecular formula is C35H33FIrN2OSi-2. The Labute approximate surface area is 261 Å². The third-order valence-corrected chi connectivity index (χ3v) is 8.73. The third kappa shape index (κ3) is 6.73. The average molecular weight is 741 g/mol. The minimum atomic E-state index is -2.08. The van der Waals surface area contributed by atoms with E-state index >= 15 is 0 Å². The molecule has 3 nitrogen and oxygen atoms in total. The number of aryl methyl sites for hydroxylation is 1. The zero-order valence-electron chi connectivity index (χ0n) is 27.6. The van der Waals surface area contributed by atoms with Crippen molar-refractivity contribution < 1.29 is 34.4 Å². The van der Waals surface area contributed by atoms with Gasteiger partial charge < -0.3 is 14.4 Å². The fourth-order valence-electron chi connectivity index (χ4n) is 4.42. The van der Waals surface area contributed by atoms with Gasteiger partial charge in [0.2, 0.25) is 0 Å². The van der Waals surface area contributed by atoms with Gasteiger partial charge in [0.05, 0.1) is 19.9 Å². The van der Waals surface area contributed by atoms with Crippen LogP contribution in [0.1, 0.15) is 36.4 Å². The molecular weight excluding hydrogens is 704 g/mol. The van der Waals surface area contributed by atoms with Crippen molar-refractivity contribution in [3.8, 4) is 22.5 Å². The molecule has 6 aromatic rings. The molecule has 0 aliphatic carbocycles. The van der Waals surface area contributed by atoms with Crippen molar-refractivity contribution in [3.63, 3.8) is 0 Å². The maximum Gasteiger partial charge on any atom is 0.143 e. The Morgan fingerprint density at radius 3 is 2.37 bits per heavy atom. The Hall–Kier alpha value is -3.44. The summed E-state index contributed by atoms with van der Waals surface area (Å²) >= 11 is 0. The second-order valence-electron chi connectivity index (χ2n) is 10.9. The fraction of sp³-hybridized carbons (Fsp3) is 0.200. The fourth-order valence-corrected chi connectivity index (χ4v) is 5.46. The monoisotopic (exact) mass is 741 g/mol. The predicted molar refractivity (Wildman–Crippen MR) is 166 cm³/mol. The second-order valence-corrected chi connectivity index (χ2v) is 16.0. The molecule has 3 aromatic carbocycles. The number of rotatable bonds is 4. The molecule has 6 rings (SSSR count). The van der Waals surface area contributed by atoms with Gasteiger partial charge in [-0.25, -0.2) is 4.39 Å². The maximum atomic E-state index is 14.0. The summed E-state index contributed by atoms with van der Waals surface area (Å²) in [5.74, 6) is -1.53. The van der Waals surface area contributed by atoms with Gasteiger partial charge in [0.1, 0.15) is 11.4 Å². The molecule has 0 aliphatic rings. The summed E-state index contributed by atoms with van der Waals surface area (Å²) in [7, 11) is -1.34. The van der Waals surface area contributed by atoms with Gasteiger partial charge in [-0.2, -0.15) is 0 Å². The van der Waals surface area contributed by atoms with Crippen LogP contribution in [0.3, 0.4) is 0 Å². The van der Waals surface area contributed by atoms with Gasteiger partial charge in [0.15, 0.2) is 0 Å². The van der Waals surface area contributed by atoms with Crippen LogP contribution >= 0.6 is 0 Å². The zero-order valence-corrected chi connectivity index (χ0v) is 27.0. The summed E-state index contributed by atoms with van der Waals surface area (Å²) in [6.07, 6.45) is 3.09. The number of para-hydroxylation sites is 1. The van der Waals surface area contributed by atoms with E-state index < -0.39 is 26.6 Å². The summed E-state index contributed by atoms with van der Waals surface area (Å²) in [5.41, 5.74) is 4.94. The summed E-state index contributed by atoms with van der Waals surface area (Å²) < 4.78 is 50.2. The van der Waals surface area contributed by atoms with Crippen LogP contribution in [0, 0.1) is 24.8 Å². The molecule has 0 amide bonds. The van der Waals surface area contributed by atoms with Crippen LogP contribution in [0.4, 0.5) is 4.39 Å². The van der Waals surface area contributed by atoms with Crippen molar-refractivity contribution in [2.75, 3.05) is 0 Å². The van der Waals surface area contributed by atoms with Crippen LogP contribution in [-0.2, 0) is 20.1 Å². The Balaban J connectivity index is 0.000000204. The van der Waals surface area contributed by atoms with Crippen molar-refractivity contribution in [1.82, 2.24) is 9.97 Å². The SMILES string of the molecule is [2H]C(C)(C)c1cc(-c2[c-]ccc3c2oc2ccccc23)ncc1F.[2H]C([2H])([2H])c1c[c-]c(-c2ccc([Si](C)(C)C)cn2)cc1.[Ir]. The third-order valence-electron chi connectivity index (χ3n) is 6.71. The molecule has 211 valence electrons.